The maximum absolute atomic E-state index is 6.35. The van der Waals surface area contributed by atoms with Crippen molar-refractivity contribution in [3.63, 3.8) is 0 Å². The SMILES string of the molecule is Cc1cc(C(N)C2=CCCCCC2)ccc1Cl. The van der Waals surface area contributed by atoms with Gasteiger partial charge in [0, 0.05) is 5.02 Å². The van der Waals surface area contributed by atoms with E-state index in [1.807, 2.05) is 19.1 Å². The van der Waals surface area contributed by atoms with E-state index in [1.165, 1.54) is 36.8 Å². The van der Waals surface area contributed by atoms with Gasteiger partial charge >= 0.3 is 0 Å². The first kappa shape index (κ1) is 12.7. The Kier molecular flexibility index (Phi) is 4.25. The van der Waals surface area contributed by atoms with Crippen molar-refractivity contribution in [1.82, 2.24) is 0 Å². The summed E-state index contributed by atoms with van der Waals surface area (Å²) in [7, 11) is 0. The first-order valence-corrected chi connectivity index (χ1v) is 6.77. The van der Waals surface area contributed by atoms with Crippen molar-refractivity contribution in [3.05, 3.63) is 46.0 Å². The van der Waals surface area contributed by atoms with Crippen molar-refractivity contribution < 1.29 is 0 Å². The molecule has 0 radical (unpaired) electrons. The average Bonchev–Trinajstić information content (AvgIpc) is 2.60. The first-order valence-electron chi connectivity index (χ1n) is 6.39. The third kappa shape index (κ3) is 3.11. The molecule has 1 aromatic carbocycles. The quantitative estimate of drug-likeness (QED) is 0.766. The number of allylic oxidation sites excluding steroid dienone is 1. The van der Waals surface area contributed by atoms with Crippen molar-refractivity contribution >= 4 is 11.6 Å². The van der Waals surface area contributed by atoms with Crippen molar-refractivity contribution in [1.29, 1.82) is 0 Å². The molecule has 2 rings (SSSR count). The van der Waals surface area contributed by atoms with Crippen LogP contribution >= 0.6 is 11.6 Å². The fourth-order valence-corrected chi connectivity index (χ4v) is 2.52. The molecule has 0 bridgehead atoms. The maximum Gasteiger partial charge on any atom is 0.0511 e. The van der Waals surface area contributed by atoms with Crippen molar-refractivity contribution in [2.75, 3.05) is 0 Å². The van der Waals surface area contributed by atoms with E-state index in [9.17, 15) is 0 Å². The molecule has 0 amide bonds. The molecule has 0 saturated carbocycles. The molecule has 0 fully saturated rings. The minimum atomic E-state index is 0.0454. The van der Waals surface area contributed by atoms with Gasteiger partial charge in [-0.2, -0.15) is 0 Å². The third-order valence-corrected chi connectivity index (χ3v) is 3.94. The maximum atomic E-state index is 6.35. The molecule has 1 aliphatic rings. The lowest BCUT2D eigenvalue weighted by molar-refractivity contribution is 0.688. The molecular weight excluding hydrogens is 230 g/mol. The van der Waals surface area contributed by atoms with Crippen molar-refractivity contribution in [2.45, 2.75) is 45.1 Å². The fraction of sp³-hybridized carbons (Fsp3) is 0.467. The van der Waals surface area contributed by atoms with E-state index in [2.05, 4.69) is 12.1 Å². The normalized spacial score (nSPS) is 18.4. The Morgan fingerprint density at radius 2 is 2.06 bits per heavy atom. The van der Waals surface area contributed by atoms with E-state index in [4.69, 9.17) is 17.3 Å². The van der Waals surface area contributed by atoms with E-state index in [-0.39, 0.29) is 6.04 Å². The topological polar surface area (TPSA) is 26.0 Å². The summed E-state index contributed by atoms with van der Waals surface area (Å²) >= 11 is 6.04. The highest BCUT2D eigenvalue weighted by Gasteiger charge is 2.13. The minimum Gasteiger partial charge on any atom is -0.321 e. The predicted molar refractivity (Wildman–Crippen MR) is 74.3 cm³/mol. The Morgan fingerprint density at radius 1 is 1.24 bits per heavy atom. The van der Waals surface area contributed by atoms with Crippen LogP contribution in [0.25, 0.3) is 0 Å². The van der Waals surface area contributed by atoms with Crippen molar-refractivity contribution in [2.24, 2.45) is 5.73 Å². The predicted octanol–water partition coefficient (Wildman–Crippen LogP) is 4.54. The van der Waals surface area contributed by atoms with Crippen LogP contribution in [0.2, 0.25) is 5.02 Å². The minimum absolute atomic E-state index is 0.0454. The second kappa shape index (κ2) is 5.70. The summed E-state index contributed by atoms with van der Waals surface area (Å²) in [5.41, 5.74) is 10.0. The van der Waals surface area contributed by atoms with Gasteiger partial charge in [0.2, 0.25) is 0 Å². The van der Waals surface area contributed by atoms with Gasteiger partial charge in [0.05, 0.1) is 6.04 Å². The largest absolute Gasteiger partial charge is 0.321 e. The van der Waals surface area contributed by atoms with Crippen molar-refractivity contribution in [3.8, 4) is 0 Å². The molecule has 17 heavy (non-hydrogen) atoms. The highest BCUT2D eigenvalue weighted by molar-refractivity contribution is 6.31. The van der Waals surface area contributed by atoms with Gasteiger partial charge in [-0.05, 0) is 49.8 Å². The molecular formula is C15H20ClN. The zero-order chi connectivity index (χ0) is 12.3. The number of aryl methyl sites for hydroxylation is 1. The lowest BCUT2D eigenvalue weighted by Crippen LogP contribution is -2.13. The molecule has 0 spiro atoms. The molecule has 1 atom stereocenters. The monoisotopic (exact) mass is 249 g/mol. The second-order valence-electron chi connectivity index (χ2n) is 4.86. The molecule has 1 aromatic rings. The van der Waals surface area contributed by atoms with Crippen LogP contribution in [0.5, 0.6) is 0 Å². The molecule has 0 saturated heterocycles. The first-order chi connectivity index (χ1) is 8.18. The van der Waals surface area contributed by atoms with Crippen LogP contribution in [0.15, 0.2) is 29.8 Å². The van der Waals surface area contributed by atoms with Crippen LogP contribution in [0.4, 0.5) is 0 Å². The third-order valence-electron chi connectivity index (χ3n) is 3.52. The van der Waals surface area contributed by atoms with Gasteiger partial charge in [-0.15, -0.1) is 0 Å². The van der Waals surface area contributed by atoms with Crippen LogP contribution < -0.4 is 5.73 Å². The Hall–Kier alpha value is -0.790. The number of rotatable bonds is 2. The number of hydrogen-bond donors (Lipinski definition) is 1. The van der Waals surface area contributed by atoms with E-state index >= 15 is 0 Å². The summed E-state index contributed by atoms with van der Waals surface area (Å²) in [5.74, 6) is 0. The van der Waals surface area contributed by atoms with E-state index in [1.54, 1.807) is 0 Å². The van der Waals surface area contributed by atoms with Gasteiger partial charge in [0.15, 0.2) is 0 Å². The average molecular weight is 250 g/mol. The van der Waals surface area contributed by atoms with Gasteiger partial charge in [-0.3, -0.25) is 0 Å². The standard InChI is InChI=1S/C15H20ClN/c1-11-10-13(8-9-14(11)16)15(17)12-6-4-2-3-5-7-12/h6,8-10,15H,2-5,7,17H2,1H3. The van der Waals surface area contributed by atoms with Crippen LogP contribution in [0.1, 0.15) is 49.3 Å². The van der Waals surface area contributed by atoms with Gasteiger partial charge in [0.25, 0.3) is 0 Å². The fourth-order valence-electron chi connectivity index (χ4n) is 2.40. The van der Waals surface area contributed by atoms with Gasteiger partial charge in [-0.25, -0.2) is 0 Å². The van der Waals surface area contributed by atoms with E-state index in [0.717, 1.165) is 17.0 Å². The number of nitrogens with two attached hydrogens (primary N) is 1. The lowest BCUT2D eigenvalue weighted by atomic mass is 9.95. The second-order valence-corrected chi connectivity index (χ2v) is 5.27. The van der Waals surface area contributed by atoms with Crippen LogP contribution in [0.3, 0.4) is 0 Å². The molecule has 1 aliphatic carbocycles. The molecule has 92 valence electrons. The van der Waals surface area contributed by atoms with Gasteiger partial charge < -0.3 is 5.73 Å². The summed E-state index contributed by atoms with van der Waals surface area (Å²) in [5, 5.41) is 0.816. The zero-order valence-corrected chi connectivity index (χ0v) is 11.1. The molecule has 1 unspecified atom stereocenters. The van der Waals surface area contributed by atoms with Crippen LogP contribution in [0, 0.1) is 6.92 Å². The summed E-state index contributed by atoms with van der Waals surface area (Å²) in [6, 6.07) is 6.15. The van der Waals surface area contributed by atoms with Gasteiger partial charge in [-0.1, -0.05) is 41.8 Å². The summed E-state index contributed by atoms with van der Waals surface area (Å²) in [6.07, 6.45) is 8.55. The number of hydrogen-bond acceptors (Lipinski definition) is 1. The molecule has 1 nitrogen and oxygen atoms in total. The number of benzene rings is 1. The highest BCUT2D eigenvalue weighted by atomic mass is 35.5. The Bertz CT molecular complexity index is 423. The zero-order valence-electron chi connectivity index (χ0n) is 10.4. The smallest absolute Gasteiger partial charge is 0.0511 e. The van der Waals surface area contributed by atoms with E-state index < -0.39 is 0 Å². The van der Waals surface area contributed by atoms with E-state index in [0.29, 0.717) is 0 Å². The molecule has 0 aromatic heterocycles. The van der Waals surface area contributed by atoms with Gasteiger partial charge in [0.1, 0.15) is 0 Å². The Balaban J connectivity index is 2.20. The highest BCUT2D eigenvalue weighted by Crippen LogP contribution is 2.29. The molecule has 2 heteroatoms. The summed E-state index contributed by atoms with van der Waals surface area (Å²) in [6.45, 7) is 2.03. The lowest BCUT2D eigenvalue weighted by Gasteiger charge is -2.16. The molecule has 0 aliphatic heterocycles. The Morgan fingerprint density at radius 3 is 2.82 bits per heavy atom. The molecule has 2 N–H and O–H groups in total. The molecule has 0 heterocycles. The van der Waals surface area contributed by atoms with Crippen LogP contribution in [-0.2, 0) is 0 Å². The Labute approximate surface area is 109 Å². The van der Waals surface area contributed by atoms with Crippen LogP contribution in [-0.4, -0.2) is 0 Å². The summed E-state index contributed by atoms with van der Waals surface area (Å²) in [4.78, 5) is 0. The summed E-state index contributed by atoms with van der Waals surface area (Å²) < 4.78 is 0. The number of halogens is 1.